The summed E-state index contributed by atoms with van der Waals surface area (Å²) in [5.41, 5.74) is 2.18. The first-order chi connectivity index (χ1) is 11.5. The third kappa shape index (κ3) is 6.25. The number of benzene rings is 2. The Bertz CT molecular complexity index is 613. The van der Waals surface area contributed by atoms with E-state index in [1.807, 2.05) is 68.4 Å². The SMILES string of the molecule is COC(C)(C)O[C@H](COCc1ccccc1)Cc1ccccc1Cl. The lowest BCUT2D eigenvalue weighted by Crippen LogP contribution is -2.36. The second-order valence-corrected chi connectivity index (χ2v) is 6.55. The van der Waals surface area contributed by atoms with Crippen LogP contribution in [0.2, 0.25) is 5.02 Å². The summed E-state index contributed by atoms with van der Waals surface area (Å²) >= 11 is 6.28. The van der Waals surface area contributed by atoms with Crippen LogP contribution in [0.25, 0.3) is 0 Å². The van der Waals surface area contributed by atoms with E-state index in [9.17, 15) is 0 Å². The van der Waals surface area contributed by atoms with Crippen LogP contribution in [0.3, 0.4) is 0 Å². The molecule has 0 spiro atoms. The molecule has 2 aromatic rings. The van der Waals surface area contributed by atoms with Gasteiger partial charge < -0.3 is 14.2 Å². The molecule has 2 rings (SSSR count). The molecule has 0 aromatic heterocycles. The van der Waals surface area contributed by atoms with Crippen LogP contribution in [0.4, 0.5) is 0 Å². The topological polar surface area (TPSA) is 27.7 Å². The highest BCUT2D eigenvalue weighted by molar-refractivity contribution is 6.31. The lowest BCUT2D eigenvalue weighted by atomic mass is 10.1. The van der Waals surface area contributed by atoms with Gasteiger partial charge in [-0.05, 0) is 31.0 Å². The van der Waals surface area contributed by atoms with Gasteiger partial charge in [-0.1, -0.05) is 60.1 Å². The van der Waals surface area contributed by atoms with Crippen LogP contribution in [-0.2, 0) is 27.2 Å². The predicted octanol–water partition coefficient (Wildman–Crippen LogP) is 4.87. The second-order valence-electron chi connectivity index (χ2n) is 6.14. The van der Waals surface area contributed by atoms with Gasteiger partial charge >= 0.3 is 0 Å². The summed E-state index contributed by atoms with van der Waals surface area (Å²) in [6.45, 7) is 4.80. The molecule has 0 heterocycles. The fraction of sp³-hybridized carbons (Fsp3) is 0.400. The summed E-state index contributed by atoms with van der Waals surface area (Å²) in [4.78, 5) is 0. The summed E-state index contributed by atoms with van der Waals surface area (Å²) in [6.07, 6.45) is 0.518. The molecule has 24 heavy (non-hydrogen) atoms. The van der Waals surface area contributed by atoms with E-state index in [1.54, 1.807) is 7.11 Å². The predicted molar refractivity (Wildman–Crippen MR) is 97.2 cm³/mol. The maximum Gasteiger partial charge on any atom is 0.162 e. The average Bonchev–Trinajstić information content (AvgIpc) is 2.57. The normalized spacial score (nSPS) is 13.0. The smallest absolute Gasteiger partial charge is 0.162 e. The molecule has 0 saturated carbocycles. The monoisotopic (exact) mass is 348 g/mol. The minimum atomic E-state index is -0.679. The Morgan fingerprint density at radius 2 is 1.67 bits per heavy atom. The van der Waals surface area contributed by atoms with Crippen molar-refractivity contribution in [3.63, 3.8) is 0 Å². The maximum atomic E-state index is 6.28. The Labute approximate surface area is 149 Å². The Kier molecular flexibility index (Phi) is 7.25. The van der Waals surface area contributed by atoms with Gasteiger partial charge in [0.1, 0.15) is 0 Å². The average molecular weight is 349 g/mol. The molecule has 0 radical (unpaired) electrons. The van der Waals surface area contributed by atoms with Crippen molar-refractivity contribution in [3.8, 4) is 0 Å². The Morgan fingerprint density at radius 1 is 1.00 bits per heavy atom. The van der Waals surface area contributed by atoms with Crippen molar-refractivity contribution in [2.75, 3.05) is 13.7 Å². The van der Waals surface area contributed by atoms with Gasteiger partial charge in [-0.2, -0.15) is 0 Å². The summed E-state index contributed by atoms with van der Waals surface area (Å²) in [5, 5.41) is 0.740. The zero-order valence-corrected chi connectivity index (χ0v) is 15.3. The highest BCUT2D eigenvalue weighted by Crippen LogP contribution is 2.21. The van der Waals surface area contributed by atoms with Crippen molar-refractivity contribution in [2.24, 2.45) is 0 Å². The van der Waals surface area contributed by atoms with Crippen LogP contribution in [0.15, 0.2) is 54.6 Å². The van der Waals surface area contributed by atoms with E-state index in [4.69, 9.17) is 25.8 Å². The molecule has 2 aromatic carbocycles. The third-order valence-corrected chi connectivity index (χ3v) is 4.13. The van der Waals surface area contributed by atoms with Crippen molar-refractivity contribution in [3.05, 3.63) is 70.7 Å². The number of hydrogen-bond acceptors (Lipinski definition) is 3. The zero-order chi connectivity index (χ0) is 17.4. The molecule has 130 valence electrons. The molecular formula is C20H25ClO3. The van der Waals surface area contributed by atoms with Gasteiger partial charge in [0.05, 0.1) is 19.3 Å². The molecule has 0 saturated heterocycles. The molecule has 0 aliphatic heterocycles. The third-order valence-electron chi connectivity index (χ3n) is 3.76. The standard InChI is InChI=1S/C20H25ClO3/c1-20(2,22-3)24-18(13-17-11-7-8-12-19(17)21)15-23-14-16-9-5-4-6-10-16/h4-12,18H,13-15H2,1-3H3/t18-/m0/s1. The molecule has 0 fully saturated rings. The zero-order valence-electron chi connectivity index (χ0n) is 14.5. The van der Waals surface area contributed by atoms with E-state index in [-0.39, 0.29) is 6.10 Å². The van der Waals surface area contributed by atoms with Crippen molar-refractivity contribution >= 4 is 11.6 Å². The van der Waals surface area contributed by atoms with E-state index in [0.717, 1.165) is 16.1 Å². The summed E-state index contributed by atoms with van der Waals surface area (Å²) in [6, 6.07) is 17.9. The molecule has 0 unspecified atom stereocenters. The number of rotatable bonds is 9. The lowest BCUT2D eigenvalue weighted by molar-refractivity contribution is -0.232. The van der Waals surface area contributed by atoms with Gasteiger partial charge in [0.2, 0.25) is 0 Å². The minimum Gasteiger partial charge on any atom is -0.374 e. The first-order valence-electron chi connectivity index (χ1n) is 8.08. The highest BCUT2D eigenvalue weighted by atomic mass is 35.5. The number of hydrogen-bond donors (Lipinski definition) is 0. The molecule has 4 heteroatoms. The molecule has 0 aliphatic carbocycles. The Hall–Kier alpha value is -1.39. The number of methoxy groups -OCH3 is 1. The van der Waals surface area contributed by atoms with Gasteiger partial charge in [-0.3, -0.25) is 0 Å². The van der Waals surface area contributed by atoms with E-state index < -0.39 is 5.79 Å². The fourth-order valence-corrected chi connectivity index (χ4v) is 2.59. The van der Waals surface area contributed by atoms with Gasteiger partial charge in [-0.25, -0.2) is 0 Å². The Morgan fingerprint density at radius 3 is 2.33 bits per heavy atom. The first-order valence-corrected chi connectivity index (χ1v) is 8.46. The van der Waals surface area contributed by atoms with Crippen LogP contribution in [-0.4, -0.2) is 25.6 Å². The minimum absolute atomic E-state index is 0.149. The van der Waals surface area contributed by atoms with Crippen LogP contribution < -0.4 is 0 Å². The van der Waals surface area contributed by atoms with E-state index in [0.29, 0.717) is 19.6 Å². The molecule has 0 N–H and O–H groups in total. The number of halogens is 1. The molecule has 0 bridgehead atoms. The largest absolute Gasteiger partial charge is 0.374 e. The van der Waals surface area contributed by atoms with Gasteiger partial charge in [0.15, 0.2) is 5.79 Å². The van der Waals surface area contributed by atoms with E-state index in [2.05, 4.69) is 0 Å². The van der Waals surface area contributed by atoms with Crippen molar-refractivity contribution in [1.82, 2.24) is 0 Å². The fourth-order valence-electron chi connectivity index (χ4n) is 2.38. The second kappa shape index (κ2) is 9.19. The highest BCUT2D eigenvalue weighted by Gasteiger charge is 2.24. The van der Waals surface area contributed by atoms with Crippen LogP contribution in [0.1, 0.15) is 25.0 Å². The van der Waals surface area contributed by atoms with Crippen molar-refractivity contribution < 1.29 is 14.2 Å². The summed E-state index contributed by atoms with van der Waals surface area (Å²) < 4.78 is 17.3. The quantitative estimate of drug-likeness (QED) is 0.605. The molecule has 0 amide bonds. The number of ether oxygens (including phenoxy) is 3. The first kappa shape index (κ1) is 18.9. The summed E-state index contributed by atoms with van der Waals surface area (Å²) in [5.74, 6) is -0.679. The van der Waals surface area contributed by atoms with Crippen LogP contribution in [0, 0.1) is 0 Å². The molecule has 0 aliphatic rings. The van der Waals surface area contributed by atoms with E-state index >= 15 is 0 Å². The van der Waals surface area contributed by atoms with Gasteiger partial charge in [0.25, 0.3) is 0 Å². The lowest BCUT2D eigenvalue weighted by Gasteiger charge is -2.30. The molecule has 3 nitrogen and oxygen atoms in total. The van der Waals surface area contributed by atoms with Crippen LogP contribution in [0.5, 0.6) is 0 Å². The Balaban J connectivity index is 1.98. The van der Waals surface area contributed by atoms with Gasteiger partial charge in [-0.15, -0.1) is 0 Å². The van der Waals surface area contributed by atoms with Crippen molar-refractivity contribution in [2.45, 2.75) is 38.8 Å². The van der Waals surface area contributed by atoms with Crippen LogP contribution >= 0.6 is 11.6 Å². The summed E-state index contributed by atoms with van der Waals surface area (Å²) in [7, 11) is 1.64. The van der Waals surface area contributed by atoms with Crippen molar-refractivity contribution in [1.29, 1.82) is 0 Å². The van der Waals surface area contributed by atoms with E-state index in [1.165, 1.54) is 0 Å². The molecular weight excluding hydrogens is 324 g/mol. The van der Waals surface area contributed by atoms with Gasteiger partial charge in [0, 0.05) is 18.6 Å². The maximum absolute atomic E-state index is 6.28. The molecule has 1 atom stereocenters.